The Morgan fingerprint density at radius 3 is 1.51 bits per heavy atom. The minimum Gasteiger partial charge on any atom is -0.444 e. The average molecular weight is 627 g/mol. The van der Waals surface area contributed by atoms with Crippen molar-refractivity contribution in [1.82, 2.24) is 39.6 Å². The van der Waals surface area contributed by atoms with Gasteiger partial charge in [0.2, 0.25) is 11.8 Å². The minimum absolute atomic E-state index is 0.119. The lowest BCUT2D eigenvalue weighted by molar-refractivity contribution is -0.115. The van der Waals surface area contributed by atoms with Gasteiger partial charge in [0.1, 0.15) is 5.60 Å². The molecule has 4 aliphatic heterocycles. The molecule has 0 saturated carbocycles. The van der Waals surface area contributed by atoms with E-state index in [2.05, 4.69) is 26.1 Å². The van der Waals surface area contributed by atoms with Crippen LogP contribution in [0.4, 0.5) is 26.0 Å². The number of nitrogens with one attached hydrogen (secondary N) is 3. The molecule has 16 heteroatoms. The number of rotatable bonds is 2. The highest BCUT2D eigenvalue weighted by Crippen LogP contribution is 2.32. The number of hydrogen-bond acceptors (Lipinski definition) is 9. The molecule has 244 valence electrons. The lowest BCUT2D eigenvalue weighted by Gasteiger charge is -2.26. The predicted octanol–water partition coefficient (Wildman–Crippen LogP) is 1.57. The van der Waals surface area contributed by atoms with E-state index in [-0.39, 0.29) is 41.8 Å². The van der Waals surface area contributed by atoms with E-state index in [1.54, 1.807) is 28.1 Å². The summed E-state index contributed by atoms with van der Waals surface area (Å²) in [4.78, 5) is 64.3. The maximum absolute atomic E-state index is 12.6. The molecule has 4 saturated heterocycles. The lowest BCUT2D eigenvalue weighted by Crippen LogP contribution is -2.39. The Kier molecular flexibility index (Phi) is 9.13. The molecule has 4 atom stereocenters. The maximum atomic E-state index is 12.6. The molecule has 0 aliphatic carbocycles. The molecule has 4 unspecified atom stereocenters. The molecule has 2 aromatic rings. The van der Waals surface area contributed by atoms with Crippen LogP contribution in [-0.4, -0.2) is 122 Å². The van der Waals surface area contributed by atoms with Gasteiger partial charge >= 0.3 is 18.2 Å². The van der Waals surface area contributed by atoms with Crippen LogP contribution in [0.2, 0.25) is 0 Å². The zero-order valence-electron chi connectivity index (χ0n) is 26.4. The van der Waals surface area contributed by atoms with Gasteiger partial charge in [0.15, 0.2) is 11.6 Å². The van der Waals surface area contributed by atoms with E-state index >= 15 is 0 Å². The van der Waals surface area contributed by atoms with Gasteiger partial charge in [0.25, 0.3) is 0 Å². The number of ether oxygens (including phenoxy) is 1. The molecule has 2 aromatic heterocycles. The fourth-order valence-electron chi connectivity index (χ4n) is 6.28. The summed E-state index contributed by atoms with van der Waals surface area (Å²) in [6, 6.07) is 2.86. The van der Waals surface area contributed by atoms with Gasteiger partial charge in [-0.2, -0.15) is 9.36 Å². The van der Waals surface area contributed by atoms with Crippen molar-refractivity contribution in [3.8, 4) is 0 Å². The fourth-order valence-corrected chi connectivity index (χ4v) is 6.28. The number of aromatic nitrogens is 4. The molecular weight excluding hydrogens is 584 g/mol. The minimum atomic E-state index is -0.511. The Labute approximate surface area is 261 Å². The predicted molar refractivity (Wildman–Crippen MR) is 162 cm³/mol. The number of carbonyl (C=O) groups excluding carboxylic acids is 5. The summed E-state index contributed by atoms with van der Waals surface area (Å²) in [6.45, 7) is 14.3. The Morgan fingerprint density at radius 2 is 1.11 bits per heavy atom. The molecule has 3 N–H and O–H groups in total. The standard InChI is InChI=1S/C17H25N5O4.C12H17N5O2/c1-11(23)18-14-5-6-22(19-14)15(24)20-7-12-9-21(10-13(12)8-20)16(25)26-17(2,3)4;1-8(18)14-11-2-3-17(15-11)12(19)16-6-9-4-13-5-10(9)7-16/h5-6,12-13H,7-10H2,1-4H3,(H,18,19,23);2-3,9-10,13H,4-7H2,1H3,(H,14,15,18). The van der Waals surface area contributed by atoms with Crippen molar-refractivity contribution in [3.63, 3.8) is 0 Å². The number of nitrogens with zero attached hydrogens (tertiary/aromatic N) is 7. The SMILES string of the molecule is CC(=O)Nc1ccn(C(=O)N2CC3CN(C(=O)OC(C)(C)C)CC3C2)n1.CC(=O)Nc1ccn(C(=O)N2CC3CNCC3C2)n1. The molecule has 0 spiro atoms. The second-order valence-electron chi connectivity index (χ2n) is 13.1. The van der Waals surface area contributed by atoms with Crippen molar-refractivity contribution < 1.29 is 28.7 Å². The van der Waals surface area contributed by atoms with Gasteiger partial charge in [-0.25, -0.2) is 14.4 Å². The number of hydrogen-bond donors (Lipinski definition) is 3. The highest BCUT2D eigenvalue weighted by Gasteiger charge is 2.44. The van der Waals surface area contributed by atoms with Crippen LogP contribution in [-0.2, 0) is 14.3 Å². The molecule has 0 radical (unpaired) electrons. The second kappa shape index (κ2) is 12.9. The first-order chi connectivity index (χ1) is 21.3. The summed E-state index contributed by atoms with van der Waals surface area (Å²) in [5.74, 6) is 1.95. The summed E-state index contributed by atoms with van der Waals surface area (Å²) in [6.07, 6.45) is 2.83. The highest BCUT2D eigenvalue weighted by molar-refractivity contribution is 5.88. The van der Waals surface area contributed by atoms with Crippen LogP contribution in [0.15, 0.2) is 24.5 Å². The fraction of sp³-hybridized carbons (Fsp3) is 0.621. The van der Waals surface area contributed by atoms with E-state index < -0.39 is 5.60 Å². The molecule has 45 heavy (non-hydrogen) atoms. The van der Waals surface area contributed by atoms with E-state index in [4.69, 9.17) is 4.74 Å². The summed E-state index contributed by atoms with van der Waals surface area (Å²) in [7, 11) is 0. The van der Waals surface area contributed by atoms with Crippen molar-refractivity contribution >= 4 is 41.6 Å². The molecule has 6 rings (SSSR count). The molecule has 0 aromatic carbocycles. The first-order valence-electron chi connectivity index (χ1n) is 15.2. The summed E-state index contributed by atoms with van der Waals surface area (Å²) < 4.78 is 7.95. The summed E-state index contributed by atoms with van der Waals surface area (Å²) in [5, 5.41) is 16.6. The third-order valence-electron chi connectivity index (χ3n) is 8.25. The Hall–Kier alpha value is -4.47. The quantitative estimate of drug-likeness (QED) is 0.447. The number of amides is 5. The number of anilines is 2. The van der Waals surface area contributed by atoms with Gasteiger partial charge in [-0.15, -0.1) is 10.2 Å². The molecule has 5 amide bonds. The third kappa shape index (κ3) is 7.79. The van der Waals surface area contributed by atoms with Crippen LogP contribution in [0.3, 0.4) is 0 Å². The number of likely N-dealkylation sites (tertiary alicyclic amines) is 3. The summed E-state index contributed by atoms with van der Waals surface area (Å²) >= 11 is 0. The number of carbonyl (C=O) groups is 5. The molecule has 4 aliphatic rings. The smallest absolute Gasteiger partial charge is 0.410 e. The maximum Gasteiger partial charge on any atom is 0.410 e. The van der Waals surface area contributed by atoms with E-state index in [1.165, 1.54) is 29.4 Å². The highest BCUT2D eigenvalue weighted by atomic mass is 16.6. The van der Waals surface area contributed by atoms with E-state index in [1.807, 2.05) is 25.7 Å². The third-order valence-corrected chi connectivity index (χ3v) is 8.25. The molecule has 4 fully saturated rings. The van der Waals surface area contributed by atoms with E-state index in [0.717, 1.165) is 26.2 Å². The number of fused-ring (bicyclic) bond motifs is 2. The Bertz CT molecular complexity index is 1420. The van der Waals surface area contributed by atoms with Crippen LogP contribution in [0.25, 0.3) is 0 Å². The first-order valence-corrected chi connectivity index (χ1v) is 15.2. The van der Waals surface area contributed by atoms with Crippen LogP contribution in [0.5, 0.6) is 0 Å². The molecule has 6 heterocycles. The zero-order chi connectivity index (χ0) is 32.5. The van der Waals surface area contributed by atoms with Crippen molar-refractivity contribution in [3.05, 3.63) is 24.5 Å². The van der Waals surface area contributed by atoms with Gasteiger partial charge in [-0.05, 0) is 32.6 Å². The Balaban J connectivity index is 0.000000186. The average Bonchev–Trinajstić information content (AvgIpc) is 3.76. The largest absolute Gasteiger partial charge is 0.444 e. The van der Waals surface area contributed by atoms with Gasteiger partial charge in [-0.3, -0.25) is 9.59 Å². The van der Waals surface area contributed by atoms with Crippen molar-refractivity contribution in [1.29, 1.82) is 0 Å². The normalized spacial score (nSPS) is 23.6. The van der Waals surface area contributed by atoms with Crippen LogP contribution < -0.4 is 16.0 Å². The lowest BCUT2D eigenvalue weighted by atomic mass is 10.0. The van der Waals surface area contributed by atoms with Crippen LogP contribution in [0, 0.1) is 23.7 Å². The van der Waals surface area contributed by atoms with Crippen LogP contribution in [0.1, 0.15) is 34.6 Å². The van der Waals surface area contributed by atoms with Crippen LogP contribution >= 0.6 is 0 Å². The van der Waals surface area contributed by atoms with Gasteiger partial charge < -0.3 is 35.4 Å². The van der Waals surface area contributed by atoms with Crippen molar-refractivity contribution in [2.75, 3.05) is 63.0 Å². The second-order valence-corrected chi connectivity index (χ2v) is 13.1. The van der Waals surface area contributed by atoms with E-state index in [9.17, 15) is 24.0 Å². The van der Waals surface area contributed by atoms with Gasteiger partial charge in [-0.1, -0.05) is 0 Å². The van der Waals surface area contributed by atoms with Gasteiger partial charge in [0, 0.05) is 103 Å². The van der Waals surface area contributed by atoms with Crippen molar-refractivity contribution in [2.24, 2.45) is 23.7 Å². The zero-order valence-corrected chi connectivity index (χ0v) is 26.4. The summed E-state index contributed by atoms with van der Waals surface area (Å²) in [5.41, 5.74) is -0.511. The molecular formula is C29H42N10O6. The van der Waals surface area contributed by atoms with Crippen molar-refractivity contribution in [2.45, 2.75) is 40.2 Å². The topological polar surface area (TPSA) is 176 Å². The van der Waals surface area contributed by atoms with E-state index in [0.29, 0.717) is 49.7 Å². The Morgan fingerprint density at radius 1 is 0.711 bits per heavy atom. The first kappa shape index (κ1) is 31.9. The molecule has 0 bridgehead atoms. The molecule has 16 nitrogen and oxygen atoms in total. The van der Waals surface area contributed by atoms with Gasteiger partial charge in [0.05, 0.1) is 0 Å². The monoisotopic (exact) mass is 626 g/mol.